The number of aryl methyl sites for hydroxylation is 2. The molecule has 0 aliphatic carbocycles. The van der Waals surface area contributed by atoms with Gasteiger partial charge in [0.25, 0.3) is 5.91 Å². The van der Waals surface area contributed by atoms with Crippen LogP contribution in [0.4, 0.5) is 11.6 Å². The van der Waals surface area contributed by atoms with Crippen LogP contribution in [0.1, 0.15) is 27.2 Å². The molecule has 7 heteroatoms. The summed E-state index contributed by atoms with van der Waals surface area (Å²) in [5.41, 5.74) is 4.47. The van der Waals surface area contributed by atoms with Crippen molar-refractivity contribution in [3.63, 3.8) is 0 Å². The van der Waals surface area contributed by atoms with E-state index in [9.17, 15) is 4.79 Å². The van der Waals surface area contributed by atoms with E-state index >= 15 is 0 Å². The highest BCUT2D eigenvalue weighted by molar-refractivity contribution is 5.92. The standard InChI is InChI=1S/C21H20N4O3/c1-13-3-5-16(9-14(13)2)24-21-22-8-7-17(25-21)20(26)23-11-15-4-6-18-19(10-15)28-12-27-18/h3-10H,11-12H2,1-2H3,(H,23,26)(H,22,24,25). The molecule has 2 heterocycles. The summed E-state index contributed by atoms with van der Waals surface area (Å²) in [7, 11) is 0. The van der Waals surface area contributed by atoms with Crippen LogP contribution in [0, 0.1) is 13.8 Å². The van der Waals surface area contributed by atoms with Crippen molar-refractivity contribution in [3.8, 4) is 11.5 Å². The first-order valence-corrected chi connectivity index (χ1v) is 8.92. The third-order valence-corrected chi connectivity index (χ3v) is 4.54. The van der Waals surface area contributed by atoms with Gasteiger partial charge < -0.3 is 20.1 Å². The number of carbonyl (C=O) groups excluding carboxylic acids is 1. The van der Waals surface area contributed by atoms with Crippen LogP contribution in [0.5, 0.6) is 11.5 Å². The predicted molar refractivity (Wildman–Crippen MR) is 105 cm³/mol. The van der Waals surface area contributed by atoms with E-state index < -0.39 is 0 Å². The number of rotatable bonds is 5. The van der Waals surface area contributed by atoms with Gasteiger partial charge in [0, 0.05) is 18.4 Å². The van der Waals surface area contributed by atoms with Crippen LogP contribution in [-0.2, 0) is 6.54 Å². The van der Waals surface area contributed by atoms with E-state index in [2.05, 4.69) is 27.5 Å². The second-order valence-electron chi connectivity index (χ2n) is 6.56. The number of nitrogens with one attached hydrogen (secondary N) is 2. The van der Waals surface area contributed by atoms with Gasteiger partial charge in [-0.15, -0.1) is 0 Å². The van der Waals surface area contributed by atoms with Crippen molar-refractivity contribution in [1.29, 1.82) is 0 Å². The Morgan fingerprint density at radius 1 is 1.04 bits per heavy atom. The van der Waals surface area contributed by atoms with Crippen LogP contribution in [0.2, 0.25) is 0 Å². The van der Waals surface area contributed by atoms with Crippen LogP contribution in [0.3, 0.4) is 0 Å². The third kappa shape index (κ3) is 3.88. The third-order valence-electron chi connectivity index (χ3n) is 4.54. The zero-order chi connectivity index (χ0) is 19.5. The number of anilines is 2. The van der Waals surface area contributed by atoms with E-state index in [1.807, 2.05) is 43.3 Å². The molecule has 0 spiro atoms. The van der Waals surface area contributed by atoms with Gasteiger partial charge in [-0.25, -0.2) is 9.97 Å². The number of hydrogen-bond donors (Lipinski definition) is 2. The minimum atomic E-state index is -0.275. The molecule has 3 aromatic rings. The Hall–Kier alpha value is -3.61. The first kappa shape index (κ1) is 17.8. The van der Waals surface area contributed by atoms with Crippen molar-refractivity contribution in [2.24, 2.45) is 0 Å². The summed E-state index contributed by atoms with van der Waals surface area (Å²) in [4.78, 5) is 21.0. The molecule has 2 N–H and O–H groups in total. The quantitative estimate of drug-likeness (QED) is 0.709. The molecular formula is C21H20N4O3. The average molecular weight is 376 g/mol. The minimum absolute atomic E-state index is 0.225. The van der Waals surface area contributed by atoms with Gasteiger partial charge in [-0.05, 0) is 60.9 Å². The van der Waals surface area contributed by atoms with E-state index in [1.165, 1.54) is 11.1 Å². The molecule has 4 rings (SSSR count). The molecule has 0 radical (unpaired) electrons. The van der Waals surface area contributed by atoms with E-state index in [4.69, 9.17) is 9.47 Å². The Morgan fingerprint density at radius 2 is 1.89 bits per heavy atom. The summed E-state index contributed by atoms with van der Waals surface area (Å²) in [6.45, 7) is 4.68. The fourth-order valence-electron chi connectivity index (χ4n) is 2.82. The van der Waals surface area contributed by atoms with Gasteiger partial charge in [0.05, 0.1) is 0 Å². The second-order valence-corrected chi connectivity index (χ2v) is 6.56. The Kier molecular flexibility index (Phi) is 4.80. The molecule has 28 heavy (non-hydrogen) atoms. The Bertz CT molecular complexity index is 1040. The van der Waals surface area contributed by atoms with E-state index in [1.54, 1.807) is 12.3 Å². The molecule has 1 aromatic heterocycles. The van der Waals surface area contributed by atoms with Crippen LogP contribution >= 0.6 is 0 Å². The van der Waals surface area contributed by atoms with Gasteiger partial charge in [0.1, 0.15) is 5.69 Å². The smallest absolute Gasteiger partial charge is 0.270 e. The van der Waals surface area contributed by atoms with Gasteiger partial charge in [-0.1, -0.05) is 12.1 Å². The molecule has 1 aliphatic rings. The molecule has 0 atom stereocenters. The maximum atomic E-state index is 12.5. The van der Waals surface area contributed by atoms with Crippen molar-refractivity contribution in [3.05, 3.63) is 71.0 Å². The molecule has 0 bridgehead atoms. The monoisotopic (exact) mass is 376 g/mol. The largest absolute Gasteiger partial charge is 0.454 e. The number of benzene rings is 2. The zero-order valence-electron chi connectivity index (χ0n) is 15.7. The molecule has 0 fully saturated rings. The lowest BCUT2D eigenvalue weighted by atomic mass is 10.1. The maximum absolute atomic E-state index is 12.5. The first-order chi connectivity index (χ1) is 13.6. The summed E-state index contributed by atoms with van der Waals surface area (Å²) in [6, 6.07) is 13.2. The molecule has 0 saturated carbocycles. The molecule has 0 unspecified atom stereocenters. The highest BCUT2D eigenvalue weighted by Gasteiger charge is 2.14. The molecular weight excluding hydrogens is 356 g/mol. The van der Waals surface area contributed by atoms with Gasteiger partial charge >= 0.3 is 0 Å². The fourth-order valence-corrected chi connectivity index (χ4v) is 2.82. The molecule has 1 aliphatic heterocycles. The lowest BCUT2D eigenvalue weighted by molar-refractivity contribution is 0.0946. The Morgan fingerprint density at radius 3 is 2.75 bits per heavy atom. The van der Waals surface area contributed by atoms with Gasteiger partial charge in [-0.2, -0.15) is 0 Å². The number of nitrogens with zero attached hydrogens (tertiary/aromatic N) is 2. The van der Waals surface area contributed by atoms with Crippen LogP contribution in [0.15, 0.2) is 48.7 Å². The highest BCUT2D eigenvalue weighted by Crippen LogP contribution is 2.32. The number of carbonyl (C=O) groups is 1. The molecule has 0 saturated heterocycles. The van der Waals surface area contributed by atoms with Crippen molar-refractivity contribution < 1.29 is 14.3 Å². The second kappa shape index (κ2) is 7.56. The molecule has 1 amide bonds. The van der Waals surface area contributed by atoms with Crippen molar-refractivity contribution >= 4 is 17.5 Å². The van der Waals surface area contributed by atoms with E-state index in [-0.39, 0.29) is 12.7 Å². The first-order valence-electron chi connectivity index (χ1n) is 8.92. The normalized spacial score (nSPS) is 11.9. The minimum Gasteiger partial charge on any atom is -0.454 e. The average Bonchev–Trinajstić information content (AvgIpc) is 3.17. The number of hydrogen-bond acceptors (Lipinski definition) is 6. The Balaban J connectivity index is 1.41. The number of amides is 1. The predicted octanol–water partition coefficient (Wildman–Crippen LogP) is 3.50. The SMILES string of the molecule is Cc1ccc(Nc2nccc(C(=O)NCc3ccc4c(c3)OCO4)n2)cc1C. The highest BCUT2D eigenvalue weighted by atomic mass is 16.7. The summed E-state index contributed by atoms with van der Waals surface area (Å²) >= 11 is 0. The lowest BCUT2D eigenvalue weighted by Gasteiger charge is -2.09. The van der Waals surface area contributed by atoms with Gasteiger partial charge in [0.2, 0.25) is 12.7 Å². The maximum Gasteiger partial charge on any atom is 0.270 e. The van der Waals surface area contributed by atoms with Gasteiger partial charge in [-0.3, -0.25) is 4.79 Å². The van der Waals surface area contributed by atoms with Crippen molar-refractivity contribution in [2.45, 2.75) is 20.4 Å². The number of aromatic nitrogens is 2. The van der Waals surface area contributed by atoms with Gasteiger partial charge in [0.15, 0.2) is 11.5 Å². The zero-order valence-corrected chi connectivity index (χ0v) is 15.7. The fraction of sp³-hybridized carbons (Fsp3) is 0.190. The summed E-state index contributed by atoms with van der Waals surface area (Å²) < 4.78 is 10.6. The van der Waals surface area contributed by atoms with Crippen LogP contribution in [-0.4, -0.2) is 22.7 Å². The molecule has 2 aromatic carbocycles. The Labute approximate surface area is 162 Å². The summed E-state index contributed by atoms with van der Waals surface area (Å²) in [5.74, 6) is 1.50. The van der Waals surface area contributed by atoms with E-state index in [0.29, 0.717) is 29.7 Å². The van der Waals surface area contributed by atoms with Crippen molar-refractivity contribution in [2.75, 3.05) is 12.1 Å². The van der Waals surface area contributed by atoms with Crippen LogP contribution < -0.4 is 20.1 Å². The lowest BCUT2D eigenvalue weighted by Crippen LogP contribution is -2.24. The van der Waals surface area contributed by atoms with E-state index in [0.717, 1.165) is 11.3 Å². The number of ether oxygens (including phenoxy) is 2. The van der Waals surface area contributed by atoms with Crippen LogP contribution in [0.25, 0.3) is 0 Å². The molecule has 7 nitrogen and oxygen atoms in total. The topological polar surface area (TPSA) is 85.4 Å². The summed E-state index contributed by atoms with van der Waals surface area (Å²) in [5, 5.41) is 6.00. The van der Waals surface area contributed by atoms with Crippen molar-refractivity contribution in [1.82, 2.24) is 15.3 Å². The summed E-state index contributed by atoms with van der Waals surface area (Å²) in [6.07, 6.45) is 1.56. The molecule has 142 valence electrons. The number of fused-ring (bicyclic) bond motifs is 1.